The molecule has 4 heteroatoms. The van der Waals surface area contributed by atoms with Gasteiger partial charge in [0.2, 0.25) is 0 Å². The van der Waals surface area contributed by atoms with Gasteiger partial charge in [0.25, 0.3) is 0 Å². The van der Waals surface area contributed by atoms with Crippen molar-refractivity contribution < 1.29 is 18.8 Å². The molecular formula is C24H28O4. The van der Waals surface area contributed by atoms with Crippen molar-refractivity contribution in [2.75, 3.05) is 0 Å². The molecule has 0 saturated heterocycles. The standard InChI is InChI=1S/C10H16O.C9H8O.C5H4O2/c1-9(2)5-4-6-10(3)7-8-11;10-8-4-7-9-5-2-1-3-6-9;6-4-5-2-1-3-7-5/h5,7-8H,4,6H2,1-3H3;1-8H;1-4H/b10-7+;7-4+;. The van der Waals surface area contributed by atoms with E-state index in [4.69, 9.17) is 0 Å². The number of carbonyl (C=O) groups excluding carboxylic acids is 3. The molecule has 4 nitrogen and oxygen atoms in total. The number of carbonyl (C=O) groups is 3. The Hall–Kier alpha value is -3.27. The minimum Gasteiger partial charge on any atom is -0.462 e. The number of hydrogen-bond acceptors (Lipinski definition) is 4. The van der Waals surface area contributed by atoms with E-state index < -0.39 is 0 Å². The summed E-state index contributed by atoms with van der Waals surface area (Å²) >= 11 is 0. The van der Waals surface area contributed by atoms with Crippen LogP contribution < -0.4 is 0 Å². The molecule has 0 bridgehead atoms. The van der Waals surface area contributed by atoms with Crippen LogP contribution in [-0.2, 0) is 9.59 Å². The van der Waals surface area contributed by atoms with Gasteiger partial charge in [-0.1, -0.05) is 53.6 Å². The summed E-state index contributed by atoms with van der Waals surface area (Å²) in [7, 11) is 0. The van der Waals surface area contributed by atoms with Gasteiger partial charge in [-0.15, -0.1) is 0 Å². The molecule has 0 spiro atoms. The molecule has 148 valence electrons. The van der Waals surface area contributed by atoms with Gasteiger partial charge in [0.05, 0.1) is 6.26 Å². The molecule has 2 aromatic rings. The smallest absolute Gasteiger partial charge is 0.185 e. The first-order valence-electron chi connectivity index (χ1n) is 8.93. The molecule has 0 fully saturated rings. The third-order valence-corrected chi connectivity index (χ3v) is 3.27. The summed E-state index contributed by atoms with van der Waals surface area (Å²) in [4.78, 5) is 29.7. The fourth-order valence-corrected chi connectivity index (χ4v) is 1.86. The Morgan fingerprint density at radius 3 is 2.11 bits per heavy atom. The zero-order valence-electron chi connectivity index (χ0n) is 16.7. The molecule has 0 saturated carbocycles. The molecule has 1 heterocycles. The number of furan rings is 1. The van der Waals surface area contributed by atoms with E-state index in [0.717, 1.165) is 36.6 Å². The summed E-state index contributed by atoms with van der Waals surface area (Å²) in [6.45, 7) is 6.14. The molecule has 1 aromatic carbocycles. The van der Waals surface area contributed by atoms with Gasteiger partial charge in [0.1, 0.15) is 12.6 Å². The number of aldehydes is 3. The van der Waals surface area contributed by atoms with E-state index in [-0.39, 0.29) is 0 Å². The molecule has 2 rings (SSSR count). The van der Waals surface area contributed by atoms with E-state index in [0.29, 0.717) is 12.0 Å². The quantitative estimate of drug-likeness (QED) is 0.342. The average Bonchev–Trinajstić information content (AvgIpc) is 3.22. The van der Waals surface area contributed by atoms with Crippen LogP contribution in [0.1, 0.15) is 49.7 Å². The monoisotopic (exact) mass is 380 g/mol. The lowest BCUT2D eigenvalue weighted by Crippen LogP contribution is -1.77. The minimum absolute atomic E-state index is 0.375. The van der Waals surface area contributed by atoms with E-state index in [9.17, 15) is 14.4 Å². The van der Waals surface area contributed by atoms with Crippen molar-refractivity contribution in [3.05, 3.63) is 89.4 Å². The number of allylic oxidation sites excluding steroid dienone is 5. The van der Waals surface area contributed by atoms with Crippen molar-refractivity contribution in [3.8, 4) is 0 Å². The zero-order chi connectivity index (χ0) is 21.0. The maximum Gasteiger partial charge on any atom is 0.185 e. The summed E-state index contributed by atoms with van der Waals surface area (Å²) < 4.78 is 4.61. The first-order valence-corrected chi connectivity index (χ1v) is 8.93. The second-order valence-electron chi connectivity index (χ2n) is 6.01. The normalized spacial score (nSPS) is 10.0. The van der Waals surface area contributed by atoms with Crippen molar-refractivity contribution in [1.82, 2.24) is 0 Å². The predicted octanol–water partition coefficient (Wildman–Crippen LogP) is 5.87. The Labute approximate surface area is 167 Å². The minimum atomic E-state index is 0.375. The van der Waals surface area contributed by atoms with E-state index >= 15 is 0 Å². The molecule has 0 aliphatic carbocycles. The lowest BCUT2D eigenvalue weighted by atomic mass is 10.1. The molecule has 0 aliphatic heterocycles. The highest BCUT2D eigenvalue weighted by Crippen LogP contribution is 2.05. The average molecular weight is 380 g/mol. The Kier molecular flexibility index (Phi) is 15.2. The molecule has 28 heavy (non-hydrogen) atoms. The highest BCUT2D eigenvalue weighted by atomic mass is 16.3. The van der Waals surface area contributed by atoms with Gasteiger partial charge in [-0.3, -0.25) is 14.4 Å². The van der Waals surface area contributed by atoms with Gasteiger partial charge in [-0.05, 0) is 63.5 Å². The lowest BCUT2D eigenvalue weighted by molar-refractivity contribution is -0.104. The summed E-state index contributed by atoms with van der Waals surface area (Å²) in [5.41, 5.74) is 3.54. The first-order chi connectivity index (χ1) is 13.5. The summed E-state index contributed by atoms with van der Waals surface area (Å²) in [6, 6.07) is 13.0. The third-order valence-electron chi connectivity index (χ3n) is 3.27. The van der Waals surface area contributed by atoms with Crippen LogP contribution in [0.25, 0.3) is 6.08 Å². The van der Waals surface area contributed by atoms with Crippen LogP contribution in [-0.4, -0.2) is 18.9 Å². The van der Waals surface area contributed by atoms with E-state index in [1.54, 1.807) is 24.3 Å². The number of benzene rings is 1. The van der Waals surface area contributed by atoms with Gasteiger partial charge in [0.15, 0.2) is 12.0 Å². The van der Waals surface area contributed by atoms with Crippen LogP contribution in [0.3, 0.4) is 0 Å². The van der Waals surface area contributed by atoms with Crippen molar-refractivity contribution in [2.24, 2.45) is 0 Å². The second-order valence-corrected chi connectivity index (χ2v) is 6.01. The van der Waals surface area contributed by atoms with Gasteiger partial charge < -0.3 is 4.42 Å². The molecule has 0 aliphatic rings. The first kappa shape index (κ1) is 24.7. The number of rotatable bonds is 7. The van der Waals surface area contributed by atoms with Gasteiger partial charge >= 0.3 is 0 Å². The maximum absolute atomic E-state index is 10.0. The van der Waals surface area contributed by atoms with Crippen LogP contribution in [0.5, 0.6) is 0 Å². The summed E-state index contributed by atoms with van der Waals surface area (Å²) in [5.74, 6) is 0.375. The van der Waals surface area contributed by atoms with Crippen LogP contribution in [0.15, 0.2) is 82.5 Å². The van der Waals surface area contributed by atoms with Crippen molar-refractivity contribution >= 4 is 24.9 Å². The Morgan fingerprint density at radius 2 is 1.64 bits per heavy atom. The fraction of sp³-hybridized carbons (Fsp3) is 0.208. The van der Waals surface area contributed by atoms with E-state index in [2.05, 4.69) is 24.3 Å². The molecule has 1 aromatic heterocycles. The topological polar surface area (TPSA) is 64.3 Å². The SMILES string of the molecule is CC(C)=CCC/C(C)=C/C=O.O=C/C=C/c1ccccc1.O=Cc1ccco1. The molecule has 0 N–H and O–H groups in total. The molecule has 0 unspecified atom stereocenters. The van der Waals surface area contributed by atoms with Crippen molar-refractivity contribution in [2.45, 2.75) is 33.6 Å². The highest BCUT2D eigenvalue weighted by molar-refractivity contribution is 5.73. The summed E-state index contributed by atoms with van der Waals surface area (Å²) in [6.07, 6.45) is 12.8. The van der Waals surface area contributed by atoms with Crippen molar-refractivity contribution in [1.29, 1.82) is 0 Å². The fourth-order valence-electron chi connectivity index (χ4n) is 1.86. The maximum atomic E-state index is 10.0. The van der Waals surface area contributed by atoms with Gasteiger partial charge in [-0.2, -0.15) is 0 Å². The van der Waals surface area contributed by atoms with Crippen LogP contribution >= 0.6 is 0 Å². The van der Waals surface area contributed by atoms with Crippen molar-refractivity contribution in [3.63, 3.8) is 0 Å². The number of hydrogen-bond donors (Lipinski definition) is 0. The molecular weight excluding hydrogens is 352 g/mol. The highest BCUT2D eigenvalue weighted by Gasteiger charge is 1.86. The Balaban J connectivity index is 0.000000399. The van der Waals surface area contributed by atoms with Crippen LogP contribution in [0.2, 0.25) is 0 Å². The second kappa shape index (κ2) is 17.2. The largest absolute Gasteiger partial charge is 0.462 e. The molecule has 0 atom stereocenters. The third kappa shape index (κ3) is 15.0. The molecule has 0 radical (unpaired) electrons. The summed E-state index contributed by atoms with van der Waals surface area (Å²) in [5, 5.41) is 0. The van der Waals surface area contributed by atoms with Crippen LogP contribution in [0, 0.1) is 0 Å². The van der Waals surface area contributed by atoms with Gasteiger partial charge in [-0.25, -0.2) is 0 Å². The van der Waals surface area contributed by atoms with E-state index in [1.165, 1.54) is 17.9 Å². The molecule has 0 amide bonds. The Morgan fingerprint density at radius 1 is 0.929 bits per heavy atom. The lowest BCUT2D eigenvalue weighted by Gasteiger charge is -1.94. The Bertz CT molecular complexity index is 747. The van der Waals surface area contributed by atoms with E-state index in [1.807, 2.05) is 37.3 Å². The predicted molar refractivity (Wildman–Crippen MR) is 114 cm³/mol. The zero-order valence-corrected chi connectivity index (χ0v) is 16.7. The van der Waals surface area contributed by atoms with Gasteiger partial charge in [0, 0.05) is 0 Å². The van der Waals surface area contributed by atoms with Crippen LogP contribution in [0.4, 0.5) is 0 Å².